The quantitative estimate of drug-likeness (QED) is 0.469. The molecule has 4 fully saturated rings. The van der Waals surface area contributed by atoms with Crippen LogP contribution in [0.2, 0.25) is 37.0 Å². The van der Waals surface area contributed by atoms with Gasteiger partial charge in [0.15, 0.2) is 0 Å². The maximum atomic E-state index is 2.77. The van der Waals surface area contributed by atoms with Crippen molar-refractivity contribution in [2.24, 2.45) is 17.8 Å². The van der Waals surface area contributed by atoms with Crippen molar-refractivity contribution in [2.45, 2.75) is 69.1 Å². The zero-order valence-corrected chi connectivity index (χ0v) is 19.1. The first kappa shape index (κ1) is 14.5. The summed E-state index contributed by atoms with van der Waals surface area (Å²) < 4.78 is 2.20. The minimum absolute atomic E-state index is 0.942. The van der Waals surface area contributed by atoms with Crippen molar-refractivity contribution in [3.8, 4) is 0 Å². The van der Waals surface area contributed by atoms with Gasteiger partial charge in [-0.3, -0.25) is 0 Å². The van der Waals surface area contributed by atoms with Gasteiger partial charge in [-0.05, 0) is 0 Å². The Labute approximate surface area is 122 Å². The van der Waals surface area contributed by atoms with Crippen molar-refractivity contribution >= 4 is 36.8 Å². The van der Waals surface area contributed by atoms with Crippen LogP contribution in [0.25, 0.3) is 0 Å². The van der Waals surface area contributed by atoms with E-state index in [1.54, 1.807) is 32.1 Å². The average Bonchev–Trinajstić information content (AvgIpc) is 2.10. The predicted molar refractivity (Wildman–Crippen MR) is 86.7 cm³/mol. The van der Waals surface area contributed by atoms with Crippen LogP contribution in [0.3, 0.4) is 0 Å². The topological polar surface area (TPSA) is 0 Å². The minimum atomic E-state index is -1.83. The summed E-state index contributed by atoms with van der Waals surface area (Å²) in [6, 6.07) is 0. The molecule has 0 heterocycles. The van der Waals surface area contributed by atoms with Crippen LogP contribution >= 0.6 is 0 Å². The first-order valence-electron chi connectivity index (χ1n) is 8.13. The van der Waals surface area contributed by atoms with Crippen LogP contribution in [0.5, 0.6) is 0 Å². The molecule has 0 N–H and O–H groups in total. The van der Waals surface area contributed by atoms with Crippen LogP contribution in [0.4, 0.5) is 0 Å². The number of hydrogen-bond donors (Lipinski definition) is 0. The fourth-order valence-corrected chi connectivity index (χ4v) is 41.9. The molecule has 4 aliphatic carbocycles. The van der Waals surface area contributed by atoms with Crippen LogP contribution in [0, 0.1) is 17.8 Å². The summed E-state index contributed by atoms with van der Waals surface area (Å²) >= 11 is -3.61. The van der Waals surface area contributed by atoms with E-state index in [-0.39, 0.29) is 0 Å². The van der Waals surface area contributed by atoms with Gasteiger partial charge in [0.2, 0.25) is 0 Å². The Morgan fingerprint density at radius 1 is 0.778 bits per heavy atom. The molecule has 4 rings (SSSR count). The monoisotopic (exact) mass is 464 g/mol. The van der Waals surface area contributed by atoms with E-state index >= 15 is 0 Å². The summed E-state index contributed by atoms with van der Waals surface area (Å²) in [5, 5.41) is 0. The Hall–Kier alpha value is 1.60. The molecule has 0 radical (unpaired) electrons. The average molecular weight is 462 g/mol. The zero-order valence-electron chi connectivity index (χ0n) is 13.3. The van der Waals surface area contributed by atoms with Gasteiger partial charge in [0.1, 0.15) is 0 Å². The molecular weight excluding hydrogens is 430 g/mol. The van der Waals surface area contributed by atoms with Crippen LogP contribution < -0.4 is 0 Å². The van der Waals surface area contributed by atoms with Gasteiger partial charge in [0, 0.05) is 0 Å². The van der Waals surface area contributed by atoms with E-state index in [1.165, 1.54) is 9.85 Å². The van der Waals surface area contributed by atoms with Gasteiger partial charge in [0.25, 0.3) is 0 Å². The predicted octanol–water partition coefficient (Wildman–Crippen LogP) is 5.61. The Bertz CT molecular complexity index is 333. The van der Waals surface area contributed by atoms with Gasteiger partial charge in [-0.15, -0.1) is 0 Å². The van der Waals surface area contributed by atoms with Crippen molar-refractivity contribution in [1.29, 1.82) is 0 Å². The van der Waals surface area contributed by atoms with Crippen molar-refractivity contribution in [3.05, 3.63) is 0 Å². The Balaban J connectivity index is 2.07. The molecule has 0 saturated heterocycles. The molecule has 4 bridgehead atoms. The normalized spacial score (nSPS) is 47.7. The molecule has 2 heteroatoms. The molecule has 104 valence electrons. The van der Waals surface area contributed by atoms with Gasteiger partial charge in [0.05, 0.1) is 0 Å². The molecule has 0 amide bonds. The summed E-state index contributed by atoms with van der Waals surface area (Å²) in [4.78, 5) is 16.6. The number of rotatable bonds is 2. The molecule has 18 heavy (non-hydrogen) atoms. The third kappa shape index (κ3) is 2.05. The summed E-state index contributed by atoms with van der Waals surface area (Å²) in [6.45, 7) is 0. The van der Waals surface area contributed by atoms with E-state index in [0.717, 1.165) is 15.3 Å². The second-order valence-corrected chi connectivity index (χ2v) is 40.8. The molecule has 0 nitrogen and oxygen atoms in total. The van der Waals surface area contributed by atoms with E-state index in [1.807, 2.05) is 0 Å². The summed E-state index contributed by atoms with van der Waals surface area (Å²) in [5.41, 5.74) is 0. The van der Waals surface area contributed by atoms with Crippen LogP contribution in [0.1, 0.15) is 32.1 Å². The third-order valence-electron chi connectivity index (χ3n) is 6.74. The fraction of sp³-hybridized carbons (Fsp3) is 1.00. The van der Waals surface area contributed by atoms with E-state index in [9.17, 15) is 0 Å². The standard InChI is InChI=1S/C10H14.6CH3.2Sn/c1-7-2-9-4-8(1)5-10(3-7)6-9;;;;;;;;/h1,7,9-10H,2-6H2;6*1H3;;/t7?,9-,10+;;;;;;;;. The molecule has 0 aromatic carbocycles. The molecule has 0 aromatic heterocycles. The van der Waals surface area contributed by atoms with Gasteiger partial charge < -0.3 is 0 Å². The van der Waals surface area contributed by atoms with E-state index in [2.05, 4.69) is 29.6 Å². The molecule has 3 unspecified atom stereocenters. The molecule has 0 aromatic rings. The fourth-order valence-electron chi connectivity index (χ4n) is 6.66. The van der Waals surface area contributed by atoms with Crippen molar-refractivity contribution < 1.29 is 0 Å². The molecule has 0 spiro atoms. The van der Waals surface area contributed by atoms with Crippen LogP contribution in [-0.4, -0.2) is 36.8 Å². The van der Waals surface area contributed by atoms with Gasteiger partial charge in [-0.2, -0.15) is 0 Å². The van der Waals surface area contributed by atoms with E-state index in [0.29, 0.717) is 0 Å². The summed E-state index contributed by atoms with van der Waals surface area (Å²) in [7, 11) is 0. The summed E-state index contributed by atoms with van der Waals surface area (Å²) in [6.07, 6.45) is 8.25. The molecular formula is C16H32Sn2. The van der Waals surface area contributed by atoms with Crippen molar-refractivity contribution in [2.75, 3.05) is 0 Å². The second kappa shape index (κ2) is 4.30. The van der Waals surface area contributed by atoms with Gasteiger partial charge in [-0.25, -0.2) is 0 Å². The third-order valence-corrected chi connectivity index (χ3v) is 27.9. The zero-order chi connectivity index (χ0) is 13.3. The molecule has 4 aliphatic rings. The van der Waals surface area contributed by atoms with E-state index in [4.69, 9.17) is 0 Å². The van der Waals surface area contributed by atoms with Crippen LogP contribution in [0.15, 0.2) is 0 Å². The summed E-state index contributed by atoms with van der Waals surface area (Å²) in [5.74, 6) is 3.50. The molecule has 0 aliphatic heterocycles. The Morgan fingerprint density at radius 3 is 1.67 bits per heavy atom. The van der Waals surface area contributed by atoms with Crippen molar-refractivity contribution in [1.82, 2.24) is 0 Å². The first-order chi connectivity index (χ1) is 8.13. The number of hydrogen-bond acceptors (Lipinski definition) is 0. The van der Waals surface area contributed by atoms with Crippen molar-refractivity contribution in [3.63, 3.8) is 0 Å². The SMILES string of the molecule is [CH3][Sn]([CH3])([CH3])[CH]1C2C[C@@H]3C[C@H](C2)C[C]1([Sn]([CH3])([CH3])[CH3])C3. The van der Waals surface area contributed by atoms with E-state index < -0.39 is 36.8 Å². The Kier molecular flexibility index (Phi) is 3.47. The van der Waals surface area contributed by atoms with Crippen LogP contribution in [-0.2, 0) is 0 Å². The van der Waals surface area contributed by atoms with Gasteiger partial charge in [-0.1, -0.05) is 0 Å². The first-order valence-corrected chi connectivity index (χ1v) is 28.3. The molecule has 4 saturated carbocycles. The Morgan fingerprint density at radius 2 is 1.28 bits per heavy atom. The van der Waals surface area contributed by atoms with Gasteiger partial charge >= 0.3 is 124 Å². The second-order valence-electron chi connectivity index (χ2n) is 9.86. The maximum absolute atomic E-state index is 2.77. The molecule has 5 atom stereocenters.